The average molecular weight is 261 g/mol. The topological polar surface area (TPSA) is 57.9 Å². The van der Waals surface area contributed by atoms with E-state index in [0.717, 1.165) is 6.07 Å². The van der Waals surface area contributed by atoms with Crippen molar-refractivity contribution in [2.75, 3.05) is 0 Å². The van der Waals surface area contributed by atoms with Crippen molar-refractivity contribution in [1.82, 2.24) is 0 Å². The highest BCUT2D eigenvalue weighted by molar-refractivity contribution is 7.72. The fraction of sp³-hybridized carbons (Fsp3) is 0. The summed E-state index contributed by atoms with van der Waals surface area (Å²) in [5, 5.41) is 8.64. The number of benzene rings is 2. The van der Waals surface area contributed by atoms with E-state index >= 15 is 0 Å². The summed E-state index contributed by atoms with van der Waals surface area (Å²) in [5.74, 6) is -0.506. The lowest BCUT2D eigenvalue weighted by Crippen LogP contribution is -1.87. The molecule has 0 aliphatic carbocycles. The van der Waals surface area contributed by atoms with E-state index in [0.29, 0.717) is 11.1 Å². The van der Waals surface area contributed by atoms with Crippen LogP contribution in [0.15, 0.2) is 47.4 Å². The van der Waals surface area contributed by atoms with Crippen molar-refractivity contribution in [2.45, 2.75) is 4.90 Å². The first-order valence-electron chi connectivity index (χ1n) is 5.06. The monoisotopic (exact) mass is 261 g/mol. The summed E-state index contributed by atoms with van der Waals surface area (Å²) in [6.07, 6.45) is 0. The van der Waals surface area contributed by atoms with Crippen LogP contribution >= 0.6 is 0 Å². The van der Waals surface area contributed by atoms with Crippen molar-refractivity contribution in [1.29, 1.82) is 5.26 Å². The summed E-state index contributed by atoms with van der Waals surface area (Å²) in [6.45, 7) is 0. The third-order valence-electron chi connectivity index (χ3n) is 2.49. The van der Waals surface area contributed by atoms with Crippen LogP contribution in [0.5, 0.6) is 0 Å². The molecule has 0 amide bonds. The van der Waals surface area contributed by atoms with E-state index in [1.165, 1.54) is 36.4 Å². The van der Waals surface area contributed by atoms with E-state index in [-0.39, 0.29) is 10.5 Å². The van der Waals surface area contributed by atoms with Gasteiger partial charge in [0.2, 0.25) is 0 Å². The summed E-state index contributed by atoms with van der Waals surface area (Å²) in [6, 6.07) is 11.9. The van der Waals surface area contributed by atoms with Crippen molar-refractivity contribution in [3.63, 3.8) is 0 Å². The summed E-state index contributed by atoms with van der Waals surface area (Å²) in [5.41, 5.74) is 1.15. The van der Waals surface area contributed by atoms with E-state index in [9.17, 15) is 12.8 Å². The molecular weight excluding hydrogens is 253 g/mol. The lowest BCUT2D eigenvalue weighted by atomic mass is 10.0. The van der Waals surface area contributed by atoms with Gasteiger partial charge in [-0.25, -0.2) is 12.8 Å². The quantitative estimate of drug-likeness (QED) is 0.844. The van der Waals surface area contributed by atoms with Crippen LogP contribution in [0.3, 0.4) is 0 Å². The van der Waals surface area contributed by atoms with Gasteiger partial charge in [0.05, 0.1) is 16.5 Å². The molecule has 2 aromatic carbocycles. The summed E-state index contributed by atoms with van der Waals surface area (Å²) in [7, 11) is -2.63. The molecule has 0 spiro atoms. The van der Waals surface area contributed by atoms with Crippen LogP contribution < -0.4 is 0 Å². The average Bonchev–Trinajstić information content (AvgIpc) is 2.38. The minimum Gasteiger partial charge on any atom is -0.227 e. The van der Waals surface area contributed by atoms with Crippen LogP contribution in [0.2, 0.25) is 0 Å². The molecule has 0 aliphatic heterocycles. The maximum absolute atomic E-state index is 13.7. The zero-order valence-electron chi connectivity index (χ0n) is 9.13. The van der Waals surface area contributed by atoms with Crippen molar-refractivity contribution >= 4 is 10.7 Å². The summed E-state index contributed by atoms with van der Waals surface area (Å²) in [4.78, 5) is 0.183. The Morgan fingerprint density at radius 3 is 2.22 bits per heavy atom. The first-order valence-corrected chi connectivity index (χ1v) is 6.24. The number of hydrogen-bond donors (Lipinski definition) is 1. The Hall–Kier alpha value is -2.19. The van der Waals surface area contributed by atoms with Gasteiger partial charge in [0.25, 0.3) is 0 Å². The summed E-state index contributed by atoms with van der Waals surface area (Å²) >= 11 is 0. The third kappa shape index (κ3) is 2.39. The summed E-state index contributed by atoms with van der Waals surface area (Å²) < 4.78 is 35.2. The van der Waals surface area contributed by atoms with Gasteiger partial charge in [-0.2, -0.15) is 5.26 Å². The molecule has 0 radical (unpaired) electrons. The Bertz CT molecular complexity index is 692. The maximum atomic E-state index is 13.7. The maximum Gasteiger partial charge on any atom is 0.168 e. The fourth-order valence-corrected chi connectivity index (χ4v) is 1.97. The largest absolute Gasteiger partial charge is 0.227 e. The molecule has 0 aromatic heterocycles. The zero-order chi connectivity index (χ0) is 13.1. The molecule has 3 nitrogen and oxygen atoms in total. The predicted molar refractivity (Wildman–Crippen MR) is 65.1 cm³/mol. The number of thiol groups is 1. The first-order chi connectivity index (χ1) is 8.61. The number of nitrogens with zero attached hydrogens (tertiary/aromatic N) is 1. The molecule has 0 N–H and O–H groups in total. The molecule has 0 atom stereocenters. The second-order valence-electron chi connectivity index (χ2n) is 3.61. The number of nitriles is 1. The van der Waals surface area contributed by atoms with E-state index in [4.69, 9.17) is 5.26 Å². The molecule has 0 saturated carbocycles. The molecule has 0 saturated heterocycles. The van der Waals surface area contributed by atoms with Gasteiger partial charge in [-0.05, 0) is 29.8 Å². The van der Waals surface area contributed by atoms with E-state index in [1.807, 2.05) is 6.07 Å². The lowest BCUT2D eigenvalue weighted by Gasteiger charge is -2.03. The Balaban J connectivity index is 2.46. The van der Waals surface area contributed by atoms with E-state index in [2.05, 4.69) is 0 Å². The number of hydrogen-bond acceptors (Lipinski definition) is 3. The predicted octanol–water partition coefficient (Wildman–Crippen LogP) is 2.33. The molecule has 5 heteroatoms. The van der Waals surface area contributed by atoms with Crippen molar-refractivity contribution in [3.8, 4) is 17.2 Å². The van der Waals surface area contributed by atoms with Crippen LogP contribution in [0, 0.1) is 17.1 Å². The first kappa shape index (κ1) is 12.3. The second-order valence-corrected chi connectivity index (χ2v) is 4.64. The molecule has 2 aromatic rings. The normalized spacial score (nSPS) is 10.3. The molecule has 0 fully saturated rings. The van der Waals surface area contributed by atoms with Gasteiger partial charge < -0.3 is 0 Å². The highest BCUT2D eigenvalue weighted by atomic mass is 32.2. The molecule has 2 rings (SSSR count). The van der Waals surface area contributed by atoms with Crippen LogP contribution in [0.1, 0.15) is 5.56 Å². The van der Waals surface area contributed by atoms with Crippen LogP contribution in [-0.2, 0) is 10.7 Å². The van der Waals surface area contributed by atoms with Crippen LogP contribution in [-0.4, -0.2) is 8.42 Å². The Kier molecular flexibility index (Phi) is 3.40. The molecule has 0 heterocycles. The SMILES string of the molecule is N#Cc1ccc(-c2ccc([SH](=O)=O)cc2)c(F)c1. The smallest absolute Gasteiger partial charge is 0.168 e. The van der Waals surface area contributed by atoms with Gasteiger partial charge in [0, 0.05) is 5.56 Å². The van der Waals surface area contributed by atoms with Crippen molar-refractivity contribution in [3.05, 3.63) is 53.8 Å². The highest BCUT2D eigenvalue weighted by Gasteiger charge is 2.06. The van der Waals surface area contributed by atoms with Crippen LogP contribution in [0.25, 0.3) is 11.1 Å². The molecule has 90 valence electrons. The Morgan fingerprint density at radius 2 is 1.72 bits per heavy atom. The van der Waals surface area contributed by atoms with Gasteiger partial charge in [0.1, 0.15) is 5.82 Å². The minimum absolute atomic E-state index is 0.183. The Labute approximate surface area is 105 Å². The van der Waals surface area contributed by atoms with Gasteiger partial charge in [-0.3, -0.25) is 0 Å². The standard InChI is InChI=1S/C13H8FNO2S/c14-13-7-9(8-15)1-6-12(13)10-2-4-11(5-3-10)18(16)17/h1-7,18H. The second kappa shape index (κ2) is 4.98. The number of rotatable bonds is 2. The third-order valence-corrected chi connectivity index (χ3v) is 3.21. The van der Waals surface area contributed by atoms with Crippen LogP contribution in [0.4, 0.5) is 4.39 Å². The zero-order valence-corrected chi connectivity index (χ0v) is 10.0. The fourth-order valence-electron chi connectivity index (χ4n) is 1.58. The van der Waals surface area contributed by atoms with Gasteiger partial charge in [-0.15, -0.1) is 0 Å². The molecule has 0 unspecified atom stereocenters. The van der Waals surface area contributed by atoms with Gasteiger partial charge in [0.15, 0.2) is 10.7 Å². The Morgan fingerprint density at radius 1 is 1.06 bits per heavy atom. The molecule has 0 aliphatic rings. The lowest BCUT2D eigenvalue weighted by molar-refractivity contribution is 0.614. The minimum atomic E-state index is -2.63. The van der Waals surface area contributed by atoms with Crippen molar-refractivity contribution < 1.29 is 12.8 Å². The highest BCUT2D eigenvalue weighted by Crippen LogP contribution is 2.24. The molecular formula is C13H8FNO2S. The number of halogens is 1. The van der Waals surface area contributed by atoms with Gasteiger partial charge in [-0.1, -0.05) is 18.2 Å². The molecule has 18 heavy (non-hydrogen) atoms. The van der Waals surface area contributed by atoms with E-state index < -0.39 is 16.5 Å². The van der Waals surface area contributed by atoms with E-state index in [1.54, 1.807) is 0 Å². The molecule has 0 bridgehead atoms. The van der Waals surface area contributed by atoms with Crippen molar-refractivity contribution in [2.24, 2.45) is 0 Å². The van der Waals surface area contributed by atoms with Gasteiger partial charge >= 0.3 is 0 Å².